The van der Waals surface area contributed by atoms with E-state index in [1.165, 1.54) is 32.4 Å². The van der Waals surface area contributed by atoms with Crippen LogP contribution in [0.1, 0.15) is 5.56 Å². The maximum atomic E-state index is 11.8. The molecule has 10 heteroatoms. The summed E-state index contributed by atoms with van der Waals surface area (Å²) in [4.78, 5) is 0. The van der Waals surface area contributed by atoms with Crippen LogP contribution in [-0.4, -0.2) is 46.8 Å². The molecule has 0 amide bonds. The maximum absolute atomic E-state index is 11.8. The van der Waals surface area contributed by atoms with Gasteiger partial charge < -0.3 is 20.4 Å². The molecule has 0 saturated heterocycles. The van der Waals surface area contributed by atoms with E-state index >= 15 is 0 Å². The Kier molecular flexibility index (Phi) is 6.21. The third-order valence-electron chi connectivity index (χ3n) is 2.45. The minimum atomic E-state index is -3.75. The number of benzene rings is 1. The number of amidine groups is 1. The SMILES string of the molecule is COCCNS(=O)(=O)Nc1ccc(/C(N)=N/O)cc1OC. The molecular weight excluding hydrogens is 300 g/mol. The van der Waals surface area contributed by atoms with Crippen molar-refractivity contribution in [3.05, 3.63) is 23.8 Å². The number of rotatable bonds is 8. The van der Waals surface area contributed by atoms with Gasteiger partial charge in [0.2, 0.25) is 0 Å². The van der Waals surface area contributed by atoms with Crippen molar-refractivity contribution in [3.63, 3.8) is 0 Å². The molecule has 0 aliphatic carbocycles. The lowest BCUT2D eigenvalue weighted by molar-refractivity contribution is 0.204. The summed E-state index contributed by atoms with van der Waals surface area (Å²) >= 11 is 0. The van der Waals surface area contributed by atoms with Gasteiger partial charge in [-0.1, -0.05) is 5.16 Å². The molecule has 0 aliphatic rings. The number of nitrogens with two attached hydrogens (primary N) is 1. The third kappa shape index (κ3) is 5.10. The molecule has 1 rings (SSSR count). The fraction of sp³-hybridized carbons (Fsp3) is 0.364. The molecule has 0 fully saturated rings. The third-order valence-corrected chi connectivity index (χ3v) is 3.52. The smallest absolute Gasteiger partial charge is 0.299 e. The molecule has 0 aliphatic heterocycles. The van der Waals surface area contributed by atoms with Gasteiger partial charge in [0.05, 0.1) is 19.4 Å². The van der Waals surface area contributed by atoms with Crippen molar-refractivity contribution in [3.8, 4) is 5.75 Å². The standard InChI is InChI=1S/C11H18N4O5S/c1-19-6-5-13-21(17,18)15-9-4-3-8(11(12)14-16)7-10(9)20-2/h3-4,7,13,15-16H,5-6H2,1-2H3,(H2,12,14). The van der Waals surface area contributed by atoms with Crippen LogP contribution in [0, 0.1) is 0 Å². The lowest BCUT2D eigenvalue weighted by Crippen LogP contribution is -2.32. The molecular formula is C11H18N4O5S. The second kappa shape index (κ2) is 7.67. The quantitative estimate of drug-likeness (QED) is 0.171. The highest BCUT2D eigenvalue weighted by Gasteiger charge is 2.14. The molecule has 5 N–H and O–H groups in total. The van der Waals surface area contributed by atoms with Gasteiger partial charge in [-0.05, 0) is 18.2 Å². The van der Waals surface area contributed by atoms with Crippen LogP contribution in [0.15, 0.2) is 23.4 Å². The van der Waals surface area contributed by atoms with Gasteiger partial charge >= 0.3 is 0 Å². The summed E-state index contributed by atoms with van der Waals surface area (Å²) < 4.78 is 38.0. The summed E-state index contributed by atoms with van der Waals surface area (Å²) in [7, 11) is -0.904. The van der Waals surface area contributed by atoms with E-state index in [1.807, 2.05) is 0 Å². The highest BCUT2D eigenvalue weighted by Crippen LogP contribution is 2.26. The number of nitrogens with zero attached hydrogens (tertiary/aromatic N) is 1. The fourth-order valence-corrected chi connectivity index (χ4v) is 2.33. The topological polar surface area (TPSA) is 135 Å². The van der Waals surface area contributed by atoms with Gasteiger partial charge in [-0.2, -0.15) is 13.1 Å². The molecule has 0 spiro atoms. The molecule has 0 atom stereocenters. The number of hydrogen-bond donors (Lipinski definition) is 4. The van der Waals surface area contributed by atoms with E-state index < -0.39 is 10.2 Å². The van der Waals surface area contributed by atoms with Crippen LogP contribution in [0.4, 0.5) is 5.69 Å². The number of nitrogens with one attached hydrogen (secondary N) is 2. The zero-order valence-corrected chi connectivity index (χ0v) is 12.5. The summed E-state index contributed by atoms with van der Waals surface area (Å²) in [6.45, 7) is 0.386. The first-order chi connectivity index (χ1) is 9.93. The first kappa shape index (κ1) is 17.0. The second-order valence-electron chi connectivity index (χ2n) is 3.89. The molecule has 9 nitrogen and oxygen atoms in total. The Bertz CT molecular complexity index is 603. The summed E-state index contributed by atoms with van der Waals surface area (Å²) in [6, 6.07) is 4.38. The largest absolute Gasteiger partial charge is 0.495 e. The Morgan fingerprint density at radius 3 is 2.71 bits per heavy atom. The van der Waals surface area contributed by atoms with Crippen molar-refractivity contribution < 1.29 is 23.1 Å². The van der Waals surface area contributed by atoms with E-state index in [0.29, 0.717) is 5.56 Å². The predicted octanol–water partition coefficient (Wildman–Crippen LogP) is -0.318. The van der Waals surface area contributed by atoms with Crippen molar-refractivity contribution in [2.75, 3.05) is 32.1 Å². The van der Waals surface area contributed by atoms with Gasteiger partial charge in [-0.25, -0.2) is 0 Å². The van der Waals surface area contributed by atoms with Gasteiger partial charge in [0.25, 0.3) is 10.2 Å². The first-order valence-electron chi connectivity index (χ1n) is 5.85. The molecule has 0 unspecified atom stereocenters. The van der Waals surface area contributed by atoms with Crippen LogP contribution in [-0.2, 0) is 14.9 Å². The highest BCUT2D eigenvalue weighted by molar-refractivity contribution is 7.90. The van der Waals surface area contributed by atoms with Crippen LogP contribution >= 0.6 is 0 Å². The highest BCUT2D eigenvalue weighted by atomic mass is 32.2. The Morgan fingerprint density at radius 1 is 1.43 bits per heavy atom. The molecule has 1 aromatic rings. The van der Waals surface area contributed by atoms with Crippen LogP contribution in [0.5, 0.6) is 5.75 Å². The van der Waals surface area contributed by atoms with E-state index in [2.05, 4.69) is 14.6 Å². The average molecular weight is 318 g/mol. The predicted molar refractivity (Wildman–Crippen MR) is 77.9 cm³/mol. The van der Waals surface area contributed by atoms with E-state index in [4.69, 9.17) is 20.4 Å². The Labute approximate surface area is 122 Å². The van der Waals surface area contributed by atoms with E-state index in [9.17, 15) is 8.42 Å². The summed E-state index contributed by atoms with van der Waals surface area (Å²) in [6.07, 6.45) is 0. The number of anilines is 1. The van der Waals surface area contributed by atoms with Crippen molar-refractivity contribution in [2.45, 2.75) is 0 Å². The van der Waals surface area contributed by atoms with E-state index in [1.54, 1.807) is 0 Å². The number of methoxy groups -OCH3 is 2. The lowest BCUT2D eigenvalue weighted by atomic mass is 10.2. The van der Waals surface area contributed by atoms with Gasteiger partial charge in [-0.3, -0.25) is 4.72 Å². The minimum Gasteiger partial charge on any atom is -0.495 e. The van der Waals surface area contributed by atoms with Crippen LogP contribution < -0.4 is 19.9 Å². The van der Waals surface area contributed by atoms with Crippen LogP contribution in [0.25, 0.3) is 0 Å². The van der Waals surface area contributed by atoms with Crippen LogP contribution in [0.3, 0.4) is 0 Å². The Morgan fingerprint density at radius 2 is 2.14 bits per heavy atom. The van der Waals surface area contributed by atoms with E-state index in [0.717, 1.165) is 0 Å². The monoisotopic (exact) mass is 318 g/mol. The Hall–Kier alpha value is -2.04. The molecule has 0 radical (unpaired) electrons. The normalized spacial score (nSPS) is 12.2. The van der Waals surface area contributed by atoms with Crippen molar-refractivity contribution in [1.82, 2.24) is 4.72 Å². The molecule has 1 aromatic carbocycles. The fourth-order valence-electron chi connectivity index (χ4n) is 1.45. The summed E-state index contributed by atoms with van der Waals surface area (Å²) in [5, 5.41) is 11.5. The van der Waals surface area contributed by atoms with Gasteiger partial charge in [0, 0.05) is 19.2 Å². The van der Waals surface area contributed by atoms with Crippen molar-refractivity contribution in [2.24, 2.45) is 10.9 Å². The molecule has 0 heterocycles. The van der Waals surface area contributed by atoms with Crippen LogP contribution in [0.2, 0.25) is 0 Å². The molecule has 118 valence electrons. The molecule has 0 aromatic heterocycles. The van der Waals surface area contributed by atoms with E-state index in [-0.39, 0.29) is 30.4 Å². The second-order valence-corrected chi connectivity index (χ2v) is 5.39. The van der Waals surface area contributed by atoms with Crippen molar-refractivity contribution in [1.29, 1.82) is 0 Å². The zero-order valence-electron chi connectivity index (χ0n) is 11.7. The maximum Gasteiger partial charge on any atom is 0.299 e. The average Bonchev–Trinajstić information content (AvgIpc) is 2.46. The molecule has 21 heavy (non-hydrogen) atoms. The Balaban J connectivity index is 2.93. The number of ether oxygens (including phenoxy) is 2. The van der Waals surface area contributed by atoms with Crippen molar-refractivity contribution >= 4 is 21.7 Å². The summed E-state index contributed by atoms with van der Waals surface area (Å²) in [5.41, 5.74) is 6.07. The van der Waals surface area contributed by atoms with Gasteiger partial charge in [0.1, 0.15) is 5.75 Å². The number of hydrogen-bond acceptors (Lipinski definition) is 6. The molecule has 0 bridgehead atoms. The lowest BCUT2D eigenvalue weighted by Gasteiger charge is -2.13. The minimum absolute atomic E-state index is 0.110. The summed E-state index contributed by atoms with van der Waals surface area (Å²) in [5.74, 6) is 0.122. The molecule has 0 saturated carbocycles. The van der Waals surface area contributed by atoms with Gasteiger partial charge in [0.15, 0.2) is 5.84 Å². The zero-order chi connectivity index (χ0) is 15.9. The van der Waals surface area contributed by atoms with Gasteiger partial charge in [-0.15, -0.1) is 0 Å². The first-order valence-corrected chi connectivity index (χ1v) is 7.34. The number of oxime groups is 1.